The topological polar surface area (TPSA) is 93.4 Å². The number of fused-ring (bicyclic) bond motifs is 1. The summed E-state index contributed by atoms with van der Waals surface area (Å²) < 4.78 is 7.20. The van der Waals surface area contributed by atoms with Crippen molar-refractivity contribution in [1.82, 2.24) is 24.6 Å². The Kier molecular flexibility index (Phi) is 5.88. The average Bonchev–Trinajstić information content (AvgIpc) is 3.16. The zero-order valence-corrected chi connectivity index (χ0v) is 20.4. The number of phenolic OH excluding ortho intramolecular Hbond substituents is 1. The van der Waals surface area contributed by atoms with E-state index in [1.807, 2.05) is 60.7 Å². The molecule has 3 heterocycles. The molecule has 1 aliphatic heterocycles. The van der Waals surface area contributed by atoms with Gasteiger partial charge in [-0.15, -0.1) is 5.10 Å². The van der Waals surface area contributed by atoms with E-state index in [1.165, 1.54) is 0 Å². The molecule has 1 fully saturated rings. The highest BCUT2D eigenvalue weighted by Gasteiger charge is 2.29. The molecular formula is C27H29N5O3. The number of ether oxygens (including phenoxy) is 1. The van der Waals surface area contributed by atoms with Crippen molar-refractivity contribution in [3.63, 3.8) is 0 Å². The van der Waals surface area contributed by atoms with Gasteiger partial charge in [0.05, 0.1) is 30.7 Å². The molecule has 1 amide bonds. The van der Waals surface area contributed by atoms with Gasteiger partial charge in [0.25, 0.3) is 0 Å². The van der Waals surface area contributed by atoms with Gasteiger partial charge in [0, 0.05) is 25.1 Å². The zero-order valence-electron chi connectivity index (χ0n) is 20.4. The molecule has 1 saturated heterocycles. The first-order valence-corrected chi connectivity index (χ1v) is 11.8. The first-order valence-electron chi connectivity index (χ1n) is 11.8. The molecule has 0 saturated carbocycles. The molecular weight excluding hydrogens is 442 g/mol. The van der Waals surface area contributed by atoms with Crippen LogP contribution in [0.15, 0.2) is 42.6 Å². The number of aryl methyl sites for hydroxylation is 3. The van der Waals surface area contributed by atoms with Crippen LogP contribution in [0, 0.1) is 20.8 Å². The van der Waals surface area contributed by atoms with Gasteiger partial charge in [-0.3, -0.25) is 9.48 Å². The number of methoxy groups -OCH3 is 1. The Hall–Kier alpha value is -3.94. The second kappa shape index (κ2) is 9.02. The summed E-state index contributed by atoms with van der Waals surface area (Å²) in [6.07, 6.45) is 2.88. The predicted molar refractivity (Wildman–Crippen MR) is 133 cm³/mol. The third-order valence-electron chi connectivity index (χ3n) is 6.71. The summed E-state index contributed by atoms with van der Waals surface area (Å²) in [6.45, 7) is 7.01. The van der Waals surface area contributed by atoms with Gasteiger partial charge in [-0.2, -0.15) is 0 Å². The van der Waals surface area contributed by atoms with Gasteiger partial charge in [0.15, 0.2) is 0 Å². The summed E-state index contributed by atoms with van der Waals surface area (Å²) in [5.74, 6) is 1.13. The Morgan fingerprint density at radius 3 is 2.63 bits per heavy atom. The first kappa shape index (κ1) is 22.8. The van der Waals surface area contributed by atoms with Crippen molar-refractivity contribution in [3.8, 4) is 22.8 Å². The van der Waals surface area contributed by atoms with E-state index < -0.39 is 0 Å². The highest BCUT2D eigenvalue weighted by atomic mass is 16.5. The molecule has 8 nitrogen and oxygen atoms in total. The summed E-state index contributed by atoms with van der Waals surface area (Å²) >= 11 is 0. The maximum Gasteiger partial charge on any atom is 0.223 e. The normalized spacial score (nSPS) is 16.2. The number of carbonyl (C=O) groups excluding carboxylic acids is 1. The summed E-state index contributed by atoms with van der Waals surface area (Å²) in [5.41, 5.74) is 6.45. The molecule has 5 rings (SSSR count). The molecule has 2 aromatic carbocycles. The van der Waals surface area contributed by atoms with Crippen molar-refractivity contribution >= 4 is 17.1 Å². The first-order chi connectivity index (χ1) is 16.8. The monoisotopic (exact) mass is 471 g/mol. The molecule has 0 bridgehead atoms. The predicted octanol–water partition coefficient (Wildman–Crippen LogP) is 4.50. The molecule has 0 radical (unpaired) electrons. The zero-order chi connectivity index (χ0) is 24.7. The second-order valence-electron chi connectivity index (χ2n) is 9.25. The molecule has 0 spiro atoms. The smallest absolute Gasteiger partial charge is 0.223 e. The summed E-state index contributed by atoms with van der Waals surface area (Å²) in [4.78, 5) is 23.9. The highest BCUT2D eigenvalue weighted by Crippen LogP contribution is 2.33. The lowest BCUT2D eigenvalue weighted by atomic mass is 10.0. The fourth-order valence-electron chi connectivity index (χ4n) is 4.94. The van der Waals surface area contributed by atoms with Gasteiger partial charge >= 0.3 is 0 Å². The maximum absolute atomic E-state index is 12.7. The number of piperidine rings is 1. The lowest BCUT2D eigenvalue weighted by Gasteiger charge is -2.33. The molecule has 180 valence electrons. The third-order valence-corrected chi connectivity index (χ3v) is 6.71. The summed E-state index contributed by atoms with van der Waals surface area (Å²) in [7, 11) is 1.64. The van der Waals surface area contributed by atoms with Gasteiger partial charge in [-0.1, -0.05) is 18.2 Å². The van der Waals surface area contributed by atoms with Gasteiger partial charge in [0.2, 0.25) is 11.6 Å². The van der Waals surface area contributed by atoms with E-state index in [2.05, 4.69) is 4.98 Å². The van der Waals surface area contributed by atoms with Crippen molar-refractivity contribution in [1.29, 1.82) is 0 Å². The number of nitrogens with zero attached hydrogens (tertiary/aromatic N) is 5. The average molecular weight is 472 g/mol. The Bertz CT molecular complexity index is 1390. The van der Waals surface area contributed by atoms with Crippen LogP contribution in [0.1, 0.15) is 41.3 Å². The van der Waals surface area contributed by atoms with Gasteiger partial charge in [-0.05, 0) is 62.1 Å². The number of likely N-dealkylation sites (tertiary alicyclic amines) is 1. The van der Waals surface area contributed by atoms with Crippen molar-refractivity contribution < 1.29 is 14.6 Å². The van der Waals surface area contributed by atoms with Crippen LogP contribution in [0.2, 0.25) is 0 Å². The molecule has 0 aliphatic carbocycles. The number of aromatic nitrogens is 4. The van der Waals surface area contributed by atoms with Crippen LogP contribution in [-0.2, 0) is 11.3 Å². The van der Waals surface area contributed by atoms with Crippen molar-refractivity contribution in [2.45, 2.75) is 46.2 Å². The minimum absolute atomic E-state index is 0.0416. The van der Waals surface area contributed by atoms with E-state index in [4.69, 9.17) is 14.8 Å². The van der Waals surface area contributed by atoms with Crippen LogP contribution in [0.4, 0.5) is 0 Å². The van der Waals surface area contributed by atoms with Gasteiger partial charge < -0.3 is 14.7 Å². The molecule has 8 heteroatoms. The minimum atomic E-state index is 0.0416. The fourth-order valence-corrected chi connectivity index (χ4v) is 4.94. The standard InChI is InChI=1S/C27H29N5O3/c1-16-11-17(2)25(23(33)12-16)22-13-28-26-18(3)32(30-27(26)29-22)20-7-10-24(34)31(15-20)14-19-5-8-21(35-4)9-6-19/h5-6,8-9,11-13,20,33H,7,10,14-15H2,1-4H3. The van der Waals surface area contributed by atoms with Crippen LogP contribution in [0.5, 0.6) is 11.5 Å². The van der Waals surface area contributed by atoms with E-state index in [0.29, 0.717) is 36.4 Å². The van der Waals surface area contributed by atoms with E-state index in [-0.39, 0.29) is 17.7 Å². The quantitative estimate of drug-likeness (QED) is 0.461. The molecule has 1 N–H and O–H groups in total. The molecule has 1 atom stereocenters. The fraction of sp³-hybridized carbons (Fsp3) is 0.333. The number of carbonyl (C=O) groups is 1. The van der Waals surface area contributed by atoms with Crippen LogP contribution >= 0.6 is 0 Å². The highest BCUT2D eigenvalue weighted by molar-refractivity contribution is 5.79. The summed E-state index contributed by atoms with van der Waals surface area (Å²) in [6, 6.07) is 11.6. The van der Waals surface area contributed by atoms with Gasteiger partial charge in [0.1, 0.15) is 17.0 Å². The number of hydrogen-bond donors (Lipinski definition) is 1. The SMILES string of the molecule is COc1ccc(CN2CC(n3nc4nc(-c5c(C)cc(C)cc5O)cnc4c3C)CCC2=O)cc1. The van der Waals surface area contributed by atoms with E-state index in [0.717, 1.165) is 40.1 Å². The molecule has 1 aliphatic rings. The summed E-state index contributed by atoms with van der Waals surface area (Å²) in [5, 5.41) is 15.3. The number of hydrogen-bond acceptors (Lipinski definition) is 6. The van der Waals surface area contributed by atoms with Crippen molar-refractivity contribution in [3.05, 3.63) is 65.0 Å². The third kappa shape index (κ3) is 4.32. The molecule has 35 heavy (non-hydrogen) atoms. The van der Waals surface area contributed by atoms with E-state index >= 15 is 0 Å². The molecule has 1 unspecified atom stereocenters. The number of benzene rings is 2. The van der Waals surface area contributed by atoms with Crippen LogP contribution in [-0.4, -0.2) is 49.3 Å². The number of rotatable bonds is 5. The Labute approximate surface area is 204 Å². The van der Waals surface area contributed by atoms with Crippen LogP contribution < -0.4 is 4.74 Å². The molecule has 4 aromatic rings. The lowest BCUT2D eigenvalue weighted by molar-refractivity contribution is -0.135. The number of phenols is 1. The van der Waals surface area contributed by atoms with Crippen LogP contribution in [0.25, 0.3) is 22.4 Å². The lowest BCUT2D eigenvalue weighted by Crippen LogP contribution is -2.40. The Morgan fingerprint density at radius 2 is 1.91 bits per heavy atom. The number of amides is 1. The minimum Gasteiger partial charge on any atom is -0.507 e. The van der Waals surface area contributed by atoms with E-state index in [9.17, 15) is 9.90 Å². The maximum atomic E-state index is 12.7. The Balaban J connectivity index is 1.43. The van der Waals surface area contributed by atoms with Crippen LogP contribution in [0.3, 0.4) is 0 Å². The molecule has 2 aromatic heterocycles. The van der Waals surface area contributed by atoms with Crippen molar-refractivity contribution in [2.24, 2.45) is 0 Å². The Morgan fingerprint density at radius 1 is 1.14 bits per heavy atom. The second-order valence-corrected chi connectivity index (χ2v) is 9.25. The van der Waals surface area contributed by atoms with E-state index in [1.54, 1.807) is 19.4 Å². The number of aromatic hydroxyl groups is 1. The van der Waals surface area contributed by atoms with Gasteiger partial charge in [-0.25, -0.2) is 9.97 Å². The van der Waals surface area contributed by atoms with Crippen molar-refractivity contribution in [2.75, 3.05) is 13.7 Å². The largest absolute Gasteiger partial charge is 0.507 e.